The lowest BCUT2D eigenvalue weighted by molar-refractivity contribution is -0.164. The molecular weight excluding hydrogens is 530 g/mol. The Morgan fingerprint density at radius 3 is 2.67 bits per heavy atom. The molecule has 2 saturated heterocycles. The van der Waals surface area contributed by atoms with E-state index in [4.69, 9.17) is 14.2 Å². The number of allylic oxidation sites excluding steroid dienone is 2. The molecule has 2 aliphatic heterocycles. The first-order chi connectivity index (χ1) is 19.1. The normalized spacial score (nSPS) is 35.5. The van der Waals surface area contributed by atoms with Crippen molar-refractivity contribution in [1.29, 1.82) is 0 Å². The van der Waals surface area contributed by atoms with E-state index in [0.29, 0.717) is 38.7 Å². The third-order valence-corrected chi connectivity index (χ3v) is 10.1. The average molecular weight is 572 g/mol. The SMILES string of the molecule is CC=CC[C@H]1C(=O)C2(CCC2)[C@@H](O)CC(=O)O[C@H](c2ccc3sc(C)nc3c2)C[C@@H]2O[C@]2(C)CCO[C@H](C)[C@H]1O. The van der Waals surface area contributed by atoms with Crippen molar-refractivity contribution in [3.8, 4) is 0 Å². The topological polar surface area (TPSA) is 118 Å². The number of ketones is 1. The number of rotatable bonds is 3. The van der Waals surface area contributed by atoms with Crippen molar-refractivity contribution in [2.45, 2.75) is 109 Å². The molecule has 1 aliphatic carbocycles. The van der Waals surface area contributed by atoms with E-state index in [2.05, 4.69) is 4.98 Å². The number of nitrogens with zero attached hydrogens (tertiary/aromatic N) is 1. The fourth-order valence-electron chi connectivity index (χ4n) is 6.30. The highest BCUT2D eigenvalue weighted by atomic mass is 32.1. The first kappa shape index (κ1) is 29.3. The lowest BCUT2D eigenvalue weighted by atomic mass is 9.58. The molecule has 40 heavy (non-hydrogen) atoms. The molecule has 0 unspecified atom stereocenters. The molecule has 1 aromatic carbocycles. The van der Waals surface area contributed by atoms with Gasteiger partial charge in [0.2, 0.25) is 0 Å². The van der Waals surface area contributed by atoms with E-state index < -0.39 is 47.3 Å². The van der Waals surface area contributed by atoms with Crippen molar-refractivity contribution in [2.24, 2.45) is 11.3 Å². The minimum atomic E-state index is -1.20. The standard InChI is InChI=1S/C31H41NO7S/c1-5-6-8-21-28(35)18(2)37-14-13-30(4)26(39-30)16-23(20-9-10-24-22(15-20)32-19(3)40-24)38-27(34)17-25(33)31(29(21)36)11-7-12-31/h5-6,9-10,15,18,21,23,25-26,28,33,35H,7-8,11-14,16-17H2,1-4H3/t18-,21-,23+,25+,26+,28-,30-/m1/s1. The van der Waals surface area contributed by atoms with Crippen molar-refractivity contribution in [1.82, 2.24) is 4.98 Å². The Morgan fingerprint density at radius 2 is 1.98 bits per heavy atom. The second-order valence-electron chi connectivity index (χ2n) is 11.9. The molecule has 3 aliphatic rings. The number of cyclic esters (lactones) is 1. The third-order valence-electron chi connectivity index (χ3n) is 9.20. The second kappa shape index (κ2) is 11.6. The molecule has 0 amide bonds. The Morgan fingerprint density at radius 1 is 1.20 bits per heavy atom. The molecule has 8 nitrogen and oxygen atoms in total. The number of fused-ring (bicyclic) bond motifs is 2. The first-order valence-corrected chi connectivity index (χ1v) is 15.3. The largest absolute Gasteiger partial charge is 0.457 e. The second-order valence-corrected chi connectivity index (χ2v) is 13.1. The van der Waals surface area contributed by atoms with Crippen LogP contribution in [0.5, 0.6) is 0 Å². The summed E-state index contributed by atoms with van der Waals surface area (Å²) in [6, 6.07) is 5.92. The number of hydrogen-bond donors (Lipinski definition) is 2. The van der Waals surface area contributed by atoms with Crippen LogP contribution in [0.2, 0.25) is 0 Å². The zero-order chi connectivity index (χ0) is 28.7. The van der Waals surface area contributed by atoms with Gasteiger partial charge in [0.1, 0.15) is 11.9 Å². The Kier molecular flexibility index (Phi) is 8.51. The zero-order valence-electron chi connectivity index (χ0n) is 23.8. The van der Waals surface area contributed by atoms with Crippen LogP contribution in [0, 0.1) is 18.3 Å². The van der Waals surface area contributed by atoms with Gasteiger partial charge in [-0.25, -0.2) is 4.98 Å². The predicted molar refractivity (Wildman–Crippen MR) is 152 cm³/mol. The lowest BCUT2D eigenvalue weighted by Gasteiger charge is -2.46. The summed E-state index contributed by atoms with van der Waals surface area (Å²) in [5.41, 5.74) is 0.167. The van der Waals surface area contributed by atoms with E-state index in [0.717, 1.165) is 27.2 Å². The van der Waals surface area contributed by atoms with Gasteiger partial charge in [0.15, 0.2) is 0 Å². The van der Waals surface area contributed by atoms with Crippen LogP contribution in [0.15, 0.2) is 30.4 Å². The van der Waals surface area contributed by atoms with E-state index >= 15 is 0 Å². The number of ether oxygens (including phenoxy) is 3. The molecule has 2 N–H and O–H groups in total. The van der Waals surface area contributed by atoms with Crippen LogP contribution in [0.1, 0.15) is 82.4 Å². The van der Waals surface area contributed by atoms with Crippen LogP contribution < -0.4 is 0 Å². The number of carbonyl (C=O) groups is 2. The van der Waals surface area contributed by atoms with E-state index in [1.54, 1.807) is 18.3 Å². The minimum Gasteiger partial charge on any atom is -0.457 e. The maximum atomic E-state index is 14.0. The highest BCUT2D eigenvalue weighted by Crippen LogP contribution is 2.49. The Hall–Kier alpha value is -2.17. The summed E-state index contributed by atoms with van der Waals surface area (Å²) in [5.74, 6) is -1.50. The quantitative estimate of drug-likeness (QED) is 0.301. The van der Waals surface area contributed by atoms with E-state index in [-0.39, 0.29) is 18.3 Å². The van der Waals surface area contributed by atoms with Crippen LogP contribution in [-0.2, 0) is 23.8 Å². The fraction of sp³-hybridized carbons (Fsp3) is 0.645. The number of carbonyl (C=O) groups excluding carboxylic acids is 2. The first-order valence-electron chi connectivity index (χ1n) is 14.4. The van der Waals surface area contributed by atoms with Crippen LogP contribution in [-0.4, -0.2) is 63.6 Å². The molecule has 2 aromatic rings. The van der Waals surface area contributed by atoms with Crippen LogP contribution in [0.4, 0.5) is 0 Å². The fourth-order valence-corrected chi connectivity index (χ4v) is 7.11. The molecule has 218 valence electrons. The van der Waals surface area contributed by atoms with E-state index in [1.807, 2.05) is 51.1 Å². The zero-order valence-corrected chi connectivity index (χ0v) is 24.6. The van der Waals surface area contributed by atoms with Gasteiger partial charge in [0.25, 0.3) is 0 Å². The third kappa shape index (κ3) is 5.77. The van der Waals surface area contributed by atoms with Gasteiger partial charge in [0.05, 0.1) is 63.0 Å². The van der Waals surface area contributed by atoms with Gasteiger partial charge in [-0.2, -0.15) is 0 Å². The van der Waals surface area contributed by atoms with Gasteiger partial charge in [-0.1, -0.05) is 24.6 Å². The smallest absolute Gasteiger partial charge is 0.309 e. The summed E-state index contributed by atoms with van der Waals surface area (Å²) in [4.78, 5) is 31.9. The Labute approximate surface area is 239 Å². The molecule has 0 radical (unpaired) electrons. The minimum absolute atomic E-state index is 0.137. The molecule has 1 saturated carbocycles. The number of thiazole rings is 1. The highest BCUT2D eigenvalue weighted by molar-refractivity contribution is 7.18. The number of aliphatic hydroxyl groups is 2. The highest BCUT2D eigenvalue weighted by Gasteiger charge is 2.55. The van der Waals surface area contributed by atoms with Crippen LogP contribution in [0.25, 0.3) is 10.2 Å². The average Bonchev–Trinajstić information content (AvgIpc) is 3.34. The number of epoxide rings is 1. The maximum Gasteiger partial charge on any atom is 0.309 e. The van der Waals surface area contributed by atoms with Gasteiger partial charge < -0.3 is 24.4 Å². The summed E-state index contributed by atoms with van der Waals surface area (Å²) in [6.07, 6.45) is 3.04. The molecule has 1 aromatic heterocycles. The van der Waals surface area contributed by atoms with Gasteiger partial charge >= 0.3 is 5.97 Å². The number of aromatic nitrogens is 1. The molecule has 9 heteroatoms. The molecule has 3 fully saturated rings. The van der Waals surface area contributed by atoms with Gasteiger partial charge in [0, 0.05) is 19.4 Å². The summed E-state index contributed by atoms with van der Waals surface area (Å²) in [7, 11) is 0. The molecule has 7 atom stereocenters. The summed E-state index contributed by atoms with van der Waals surface area (Å²) in [5, 5.41) is 23.5. The molecular formula is C31H41NO7S. The van der Waals surface area contributed by atoms with Crippen LogP contribution in [0.3, 0.4) is 0 Å². The van der Waals surface area contributed by atoms with Crippen molar-refractivity contribution in [3.63, 3.8) is 0 Å². The van der Waals surface area contributed by atoms with Gasteiger partial charge in [-0.05, 0) is 64.7 Å². The Balaban J connectivity index is 1.44. The summed E-state index contributed by atoms with van der Waals surface area (Å²) < 4.78 is 19.2. The molecule has 0 bridgehead atoms. The predicted octanol–water partition coefficient (Wildman–Crippen LogP) is 4.98. The summed E-state index contributed by atoms with van der Waals surface area (Å²) in [6.45, 7) is 7.99. The van der Waals surface area contributed by atoms with Crippen molar-refractivity contribution >= 4 is 33.3 Å². The van der Waals surface area contributed by atoms with E-state index in [1.165, 1.54) is 0 Å². The van der Waals surface area contributed by atoms with Crippen molar-refractivity contribution < 1.29 is 34.0 Å². The number of aryl methyl sites for hydroxylation is 1. The van der Waals surface area contributed by atoms with E-state index in [9.17, 15) is 19.8 Å². The molecule has 3 heterocycles. The number of aliphatic hydroxyl groups excluding tert-OH is 2. The van der Waals surface area contributed by atoms with Gasteiger partial charge in [-0.15, -0.1) is 11.3 Å². The number of Topliss-reactive ketones (excluding diaryl/α,β-unsaturated/α-hetero) is 1. The maximum absolute atomic E-state index is 14.0. The monoisotopic (exact) mass is 571 g/mol. The van der Waals surface area contributed by atoms with Crippen molar-refractivity contribution in [3.05, 3.63) is 40.9 Å². The summed E-state index contributed by atoms with van der Waals surface area (Å²) >= 11 is 1.61. The van der Waals surface area contributed by atoms with Crippen molar-refractivity contribution in [2.75, 3.05) is 6.61 Å². The number of benzene rings is 1. The number of esters is 1. The molecule has 5 rings (SSSR count). The number of hydrogen-bond acceptors (Lipinski definition) is 9. The molecule has 1 spiro atoms. The Bertz CT molecular complexity index is 1270. The van der Waals surface area contributed by atoms with Crippen LogP contribution >= 0.6 is 11.3 Å². The van der Waals surface area contributed by atoms with Gasteiger partial charge in [-0.3, -0.25) is 9.59 Å². The lowest BCUT2D eigenvalue weighted by Crippen LogP contribution is -2.54.